The van der Waals surface area contributed by atoms with Gasteiger partial charge in [0.1, 0.15) is 12.3 Å². The molecule has 2 amide bonds. The number of carbonyl (C=O) groups excluding carboxylic acids is 2. The highest BCUT2D eigenvalue weighted by Gasteiger charge is 2.19. The van der Waals surface area contributed by atoms with Gasteiger partial charge >= 0.3 is 5.69 Å². The zero-order valence-corrected chi connectivity index (χ0v) is 22.1. The maximum atomic E-state index is 13.6. The number of nitrogens with one attached hydrogen (secondary N) is 2. The molecule has 11 nitrogen and oxygen atoms in total. The summed E-state index contributed by atoms with van der Waals surface area (Å²) >= 11 is 0. The van der Waals surface area contributed by atoms with Crippen LogP contribution < -0.4 is 31.4 Å². The van der Waals surface area contributed by atoms with Crippen molar-refractivity contribution in [3.63, 3.8) is 0 Å². The Morgan fingerprint density at radius 3 is 2.28 bits per heavy atom. The molecule has 0 bridgehead atoms. The number of amides is 2. The third-order valence-electron chi connectivity index (χ3n) is 6.04. The first-order chi connectivity index (χ1) is 18.7. The number of hydrogen-bond acceptors (Lipinski definition) is 7. The summed E-state index contributed by atoms with van der Waals surface area (Å²) in [6.07, 6.45) is 1.53. The van der Waals surface area contributed by atoms with E-state index in [0.717, 1.165) is 4.57 Å². The van der Waals surface area contributed by atoms with Crippen LogP contribution in [0.4, 0.5) is 0 Å². The molecular weight excluding hydrogens is 504 g/mol. The van der Waals surface area contributed by atoms with Crippen molar-refractivity contribution in [1.29, 1.82) is 0 Å². The Labute approximate surface area is 224 Å². The molecule has 204 valence electrons. The van der Waals surface area contributed by atoms with Crippen LogP contribution in [0.2, 0.25) is 0 Å². The van der Waals surface area contributed by atoms with Crippen molar-refractivity contribution in [2.45, 2.75) is 39.5 Å². The van der Waals surface area contributed by atoms with Crippen LogP contribution in [0.5, 0.6) is 11.5 Å². The van der Waals surface area contributed by atoms with E-state index in [1.165, 1.54) is 37.2 Å². The number of methoxy groups -OCH3 is 2. The second-order valence-electron chi connectivity index (χ2n) is 9.17. The smallest absolute Gasteiger partial charge is 0.332 e. The van der Waals surface area contributed by atoms with Gasteiger partial charge in [-0.1, -0.05) is 12.1 Å². The summed E-state index contributed by atoms with van der Waals surface area (Å²) in [5.41, 5.74) is 0.0857. The molecule has 11 heteroatoms. The zero-order valence-electron chi connectivity index (χ0n) is 22.1. The quantitative estimate of drug-likeness (QED) is 0.319. The van der Waals surface area contributed by atoms with E-state index < -0.39 is 11.2 Å². The van der Waals surface area contributed by atoms with Gasteiger partial charge in [-0.05, 0) is 49.7 Å². The van der Waals surface area contributed by atoms with Crippen molar-refractivity contribution < 1.29 is 23.5 Å². The summed E-state index contributed by atoms with van der Waals surface area (Å²) in [4.78, 5) is 52.1. The van der Waals surface area contributed by atoms with Gasteiger partial charge in [0.05, 0.1) is 44.5 Å². The minimum absolute atomic E-state index is 0.0674. The fourth-order valence-corrected chi connectivity index (χ4v) is 4.17. The normalized spacial score (nSPS) is 11.0. The van der Waals surface area contributed by atoms with Crippen LogP contribution in [-0.4, -0.2) is 41.2 Å². The molecule has 4 rings (SSSR count). The van der Waals surface area contributed by atoms with Gasteiger partial charge in [0, 0.05) is 17.7 Å². The van der Waals surface area contributed by atoms with Crippen LogP contribution in [0.15, 0.2) is 68.8 Å². The second-order valence-corrected chi connectivity index (χ2v) is 9.17. The lowest BCUT2D eigenvalue weighted by molar-refractivity contribution is -0.122. The van der Waals surface area contributed by atoms with Gasteiger partial charge in [-0.3, -0.25) is 23.5 Å². The molecule has 0 unspecified atom stereocenters. The SMILES string of the molecule is COc1cc2c(=O)n(Cc3ccc(C(=O)NCc4ccco4)cc3)c(=O)n(CC(=O)NC(C)C)c2cc1OC. The molecular formula is C28H30N4O7. The van der Waals surface area contributed by atoms with Crippen LogP contribution >= 0.6 is 0 Å². The number of ether oxygens (including phenoxy) is 2. The maximum Gasteiger partial charge on any atom is 0.332 e. The Morgan fingerprint density at radius 1 is 0.974 bits per heavy atom. The summed E-state index contributed by atoms with van der Waals surface area (Å²) in [5.74, 6) is 0.595. The van der Waals surface area contributed by atoms with E-state index in [2.05, 4.69) is 10.6 Å². The number of fused-ring (bicyclic) bond motifs is 1. The van der Waals surface area contributed by atoms with Crippen molar-refractivity contribution in [3.8, 4) is 11.5 Å². The number of carbonyl (C=O) groups is 2. The van der Waals surface area contributed by atoms with E-state index in [1.54, 1.807) is 36.4 Å². The second kappa shape index (κ2) is 11.7. The molecule has 0 radical (unpaired) electrons. The van der Waals surface area contributed by atoms with E-state index in [1.807, 2.05) is 13.8 Å². The maximum absolute atomic E-state index is 13.6. The number of hydrogen-bond donors (Lipinski definition) is 2. The molecule has 2 heterocycles. The van der Waals surface area contributed by atoms with E-state index in [9.17, 15) is 19.2 Å². The molecule has 4 aromatic rings. The molecule has 2 aromatic heterocycles. The van der Waals surface area contributed by atoms with Crippen LogP contribution in [0, 0.1) is 0 Å². The standard InChI is InChI=1S/C28H30N4O7/c1-17(2)30-25(33)16-31-22-13-24(38-4)23(37-3)12-21(22)27(35)32(28(31)36)15-18-7-9-19(10-8-18)26(34)29-14-20-6-5-11-39-20/h5-13,17H,14-16H2,1-4H3,(H,29,34)(H,30,33). The number of aromatic nitrogens is 2. The van der Waals surface area contributed by atoms with Crippen LogP contribution in [-0.2, 0) is 24.4 Å². The Balaban J connectivity index is 1.69. The van der Waals surface area contributed by atoms with Crippen molar-refractivity contribution in [1.82, 2.24) is 19.8 Å². The number of benzene rings is 2. The van der Waals surface area contributed by atoms with E-state index in [-0.39, 0.29) is 48.4 Å². The van der Waals surface area contributed by atoms with Crippen molar-refractivity contribution >= 4 is 22.7 Å². The Morgan fingerprint density at radius 2 is 1.67 bits per heavy atom. The number of nitrogens with zero attached hydrogens (tertiary/aromatic N) is 2. The fourth-order valence-electron chi connectivity index (χ4n) is 4.17. The molecule has 0 spiro atoms. The minimum Gasteiger partial charge on any atom is -0.493 e. The third-order valence-corrected chi connectivity index (χ3v) is 6.04. The van der Waals surface area contributed by atoms with Gasteiger partial charge in [-0.2, -0.15) is 0 Å². The first-order valence-electron chi connectivity index (χ1n) is 12.3. The van der Waals surface area contributed by atoms with Gasteiger partial charge in [0.15, 0.2) is 11.5 Å². The molecule has 0 aliphatic rings. The molecule has 2 aromatic carbocycles. The summed E-state index contributed by atoms with van der Waals surface area (Å²) in [7, 11) is 2.89. The highest BCUT2D eigenvalue weighted by molar-refractivity contribution is 5.94. The van der Waals surface area contributed by atoms with E-state index >= 15 is 0 Å². The molecule has 0 saturated carbocycles. The van der Waals surface area contributed by atoms with E-state index in [4.69, 9.17) is 13.9 Å². The van der Waals surface area contributed by atoms with Gasteiger partial charge in [-0.15, -0.1) is 0 Å². The first-order valence-corrected chi connectivity index (χ1v) is 12.3. The number of rotatable bonds is 10. The van der Waals surface area contributed by atoms with Gasteiger partial charge < -0.3 is 24.5 Å². The zero-order chi connectivity index (χ0) is 28.1. The van der Waals surface area contributed by atoms with Crippen LogP contribution in [0.3, 0.4) is 0 Å². The topological polar surface area (TPSA) is 134 Å². The lowest BCUT2D eigenvalue weighted by atomic mass is 10.1. The lowest BCUT2D eigenvalue weighted by Gasteiger charge is -2.17. The van der Waals surface area contributed by atoms with Crippen molar-refractivity contribution in [2.75, 3.05) is 14.2 Å². The predicted molar refractivity (Wildman–Crippen MR) is 144 cm³/mol. The fraction of sp³-hybridized carbons (Fsp3) is 0.286. The largest absolute Gasteiger partial charge is 0.493 e. The van der Waals surface area contributed by atoms with Crippen molar-refractivity contribution in [2.24, 2.45) is 0 Å². The van der Waals surface area contributed by atoms with E-state index in [0.29, 0.717) is 28.4 Å². The lowest BCUT2D eigenvalue weighted by Crippen LogP contribution is -2.43. The predicted octanol–water partition coefficient (Wildman–Crippen LogP) is 2.28. The molecule has 0 atom stereocenters. The first kappa shape index (κ1) is 27.2. The van der Waals surface area contributed by atoms with Gasteiger partial charge in [-0.25, -0.2) is 4.79 Å². The van der Waals surface area contributed by atoms with Gasteiger partial charge in [0.25, 0.3) is 11.5 Å². The third kappa shape index (κ3) is 6.03. The average molecular weight is 535 g/mol. The summed E-state index contributed by atoms with van der Waals surface area (Å²) < 4.78 is 18.2. The van der Waals surface area contributed by atoms with Crippen LogP contribution in [0.25, 0.3) is 10.9 Å². The molecule has 0 fully saturated rings. The molecule has 39 heavy (non-hydrogen) atoms. The van der Waals surface area contributed by atoms with Gasteiger partial charge in [0.2, 0.25) is 5.91 Å². The monoisotopic (exact) mass is 534 g/mol. The molecule has 2 N–H and O–H groups in total. The Bertz CT molecular complexity index is 1600. The average Bonchev–Trinajstić information content (AvgIpc) is 3.45. The Kier molecular flexibility index (Phi) is 8.18. The summed E-state index contributed by atoms with van der Waals surface area (Å²) in [5, 5.41) is 5.73. The molecule has 0 aliphatic carbocycles. The summed E-state index contributed by atoms with van der Waals surface area (Å²) in [6, 6.07) is 12.9. The van der Waals surface area contributed by atoms with Crippen LogP contribution in [0.1, 0.15) is 35.5 Å². The molecule has 0 saturated heterocycles. The highest BCUT2D eigenvalue weighted by Crippen LogP contribution is 2.30. The Hall–Kier alpha value is -4.80. The molecule has 0 aliphatic heterocycles. The number of furan rings is 1. The highest BCUT2D eigenvalue weighted by atomic mass is 16.5. The minimum atomic E-state index is -0.654. The van der Waals surface area contributed by atoms with Crippen molar-refractivity contribution in [3.05, 3.63) is 92.5 Å². The summed E-state index contributed by atoms with van der Waals surface area (Å²) in [6.45, 7) is 3.52.